The number of hydrogen-bond acceptors (Lipinski definition) is 2. The van der Waals surface area contributed by atoms with Crippen LogP contribution in [0.25, 0.3) is 0 Å². The predicted octanol–water partition coefficient (Wildman–Crippen LogP) is 2.84. The minimum absolute atomic E-state index is 0.117. The van der Waals surface area contributed by atoms with Crippen molar-refractivity contribution in [1.82, 2.24) is 0 Å². The van der Waals surface area contributed by atoms with E-state index in [9.17, 15) is 9.90 Å². The third kappa shape index (κ3) is 2.14. The highest BCUT2D eigenvalue weighted by Crippen LogP contribution is 2.40. The molecule has 2 atom stereocenters. The van der Waals surface area contributed by atoms with Crippen molar-refractivity contribution in [3.63, 3.8) is 0 Å². The van der Waals surface area contributed by atoms with Gasteiger partial charge in [-0.1, -0.05) is 13.0 Å². The van der Waals surface area contributed by atoms with Gasteiger partial charge in [0.2, 0.25) is 0 Å². The summed E-state index contributed by atoms with van der Waals surface area (Å²) in [4.78, 5) is 11.3. The van der Waals surface area contributed by atoms with Gasteiger partial charge in [0, 0.05) is 0 Å². The maximum absolute atomic E-state index is 11.3. The molecule has 0 radical (unpaired) electrons. The zero-order valence-corrected chi connectivity index (χ0v) is 10.3. The molecule has 2 unspecified atom stereocenters. The number of carbonyl (C=O) groups is 1. The smallest absolute Gasteiger partial charge is 0.307 e. The largest absolute Gasteiger partial charge is 0.497 e. The number of carboxylic acid groups (broad SMARTS) is 1. The third-order valence-electron chi connectivity index (χ3n) is 3.72. The molecule has 0 heterocycles. The number of fused-ring (bicyclic) bond motifs is 1. The summed E-state index contributed by atoms with van der Waals surface area (Å²) < 4.78 is 5.22. The molecule has 0 spiro atoms. The lowest BCUT2D eigenvalue weighted by Gasteiger charge is -2.30. The van der Waals surface area contributed by atoms with E-state index in [-0.39, 0.29) is 11.8 Å². The van der Waals surface area contributed by atoms with Crippen LogP contribution in [0.5, 0.6) is 5.75 Å². The van der Waals surface area contributed by atoms with Gasteiger partial charge in [0.05, 0.1) is 13.0 Å². The molecule has 0 saturated carbocycles. The molecule has 17 heavy (non-hydrogen) atoms. The monoisotopic (exact) mass is 234 g/mol. The number of ether oxygens (including phenoxy) is 1. The van der Waals surface area contributed by atoms with Gasteiger partial charge in [-0.15, -0.1) is 0 Å². The van der Waals surface area contributed by atoms with Gasteiger partial charge in [0.1, 0.15) is 5.75 Å². The second kappa shape index (κ2) is 4.78. The van der Waals surface area contributed by atoms with Gasteiger partial charge in [-0.3, -0.25) is 4.79 Å². The Morgan fingerprint density at radius 3 is 2.88 bits per heavy atom. The van der Waals surface area contributed by atoms with Crippen molar-refractivity contribution < 1.29 is 14.6 Å². The van der Waals surface area contributed by atoms with Gasteiger partial charge in [-0.2, -0.15) is 0 Å². The SMILES string of the molecule is CCC1c2cc(OC)ccc2CCC1C(=O)O. The Labute approximate surface area is 101 Å². The van der Waals surface area contributed by atoms with E-state index in [2.05, 4.69) is 13.0 Å². The number of carboxylic acids is 1. The second-order valence-electron chi connectivity index (χ2n) is 4.56. The zero-order valence-electron chi connectivity index (χ0n) is 10.3. The van der Waals surface area contributed by atoms with Crippen LogP contribution in [0.1, 0.15) is 36.8 Å². The van der Waals surface area contributed by atoms with Crippen molar-refractivity contribution >= 4 is 5.97 Å². The Hall–Kier alpha value is -1.51. The van der Waals surface area contributed by atoms with E-state index < -0.39 is 5.97 Å². The molecule has 0 amide bonds. The third-order valence-corrected chi connectivity index (χ3v) is 3.72. The van der Waals surface area contributed by atoms with E-state index >= 15 is 0 Å². The van der Waals surface area contributed by atoms with Crippen LogP contribution in [0, 0.1) is 5.92 Å². The second-order valence-corrected chi connectivity index (χ2v) is 4.56. The van der Waals surface area contributed by atoms with E-state index in [0.717, 1.165) is 30.6 Å². The Morgan fingerprint density at radius 1 is 1.53 bits per heavy atom. The summed E-state index contributed by atoms with van der Waals surface area (Å²) in [5, 5.41) is 9.26. The molecule has 0 aromatic heterocycles. The Morgan fingerprint density at radius 2 is 2.29 bits per heavy atom. The molecule has 1 aliphatic carbocycles. The highest BCUT2D eigenvalue weighted by atomic mass is 16.5. The lowest BCUT2D eigenvalue weighted by Crippen LogP contribution is -2.27. The molecule has 1 N–H and O–H groups in total. The summed E-state index contributed by atoms with van der Waals surface area (Å²) >= 11 is 0. The van der Waals surface area contributed by atoms with E-state index in [4.69, 9.17) is 4.74 Å². The van der Waals surface area contributed by atoms with E-state index in [1.54, 1.807) is 7.11 Å². The van der Waals surface area contributed by atoms with Crippen LogP contribution in [0.4, 0.5) is 0 Å². The first-order valence-corrected chi connectivity index (χ1v) is 6.07. The topological polar surface area (TPSA) is 46.5 Å². The number of hydrogen-bond donors (Lipinski definition) is 1. The molecule has 2 rings (SSSR count). The fourth-order valence-electron chi connectivity index (χ4n) is 2.80. The summed E-state index contributed by atoms with van der Waals surface area (Å²) in [6.07, 6.45) is 2.46. The Bertz CT molecular complexity index is 425. The van der Waals surface area contributed by atoms with Gasteiger partial charge in [0.15, 0.2) is 0 Å². The maximum atomic E-state index is 11.3. The summed E-state index contributed by atoms with van der Waals surface area (Å²) in [7, 11) is 1.64. The minimum Gasteiger partial charge on any atom is -0.497 e. The van der Waals surface area contributed by atoms with Crippen LogP contribution in [-0.4, -0.2) is 18.2 Å². The van der Waals surface area contributed by atoms with Crippen LogP contribution in [0.15, 0.2) is 18.2 Å². The molecule has 1 aliphatic rings. The predicted molar refractivity (Wildman–Crippen MR) is 65.5 cm³/mol. The van der Waals surface area contributed by atoms with Crippen LogP contribution in [0.3, 0.4) is 0 Å². The molecule has 0 aliphatic heterocycles. The fraction of sp³-hybridized carbons (Fsp3) is 0.500. The molecule has 0 saturated heterocycles. The van der Waals surface area contributed by atoms with E-state index in [1.165, 1.54) is 5.56 Å². The number of benzene rings is 1. The molecular formula is C14H18O3. The van der Waals surface area contributed by atoms with Crippen molar-refractivity contribution in [2.24, 2.45) is 5.92 Å². The molecule has 3 heteroatoms. The molecule has 3 nitrogen and oxygen atoms in total. The average Bonchev–Trinajstić information content (AvgIpc) is 2.36. The first kappa shape index (κ1) is 12.0. The van der Waals surface area contributed by atoms with Crippen LogP contribution in [0.2, 0.25) is 0 Å². The number of rotatable bonds is 3. The summed E-state index contributed by atoms with van der Waals surface area (Å²) in [5.74, 6) is 0.00418. The minimum atomic E-state index is -0.676. The van der Waals surface area contributed by atoms with Crippen molar-refractivity contribution in [3.8, 4) is 5.75 Å². The van der Waals surface area contributed by atoms with Crippen molar-refractivity contribution in [3.05, 3.63) is 29.3 Å². The van der Waals surface area contributed by atoms with E-state index in [1.807, 2.05) is 12.1 Å². The molecule has 0 bridgehead atoms. The van der Waals surface area contributed by atoms with Crippen LogP contribution >= 0.6 is 0 Å². The lowest BCUT2D eigenvalue weighted by molar-refractivity contribution is -0.143. The maximum Gasteiger partial charge on any atom is 0.307 e. The first-order chi connectivity index (χ1) is 8.17. The molecule has 0 fully saturated rings. The normalized spacial score (nSPS) is 22.9. The molecule has 1 aromatic rings. The van der Waals surface area contributed by atoms with Gasteiger partial charge >= 0.3 is 5.97 Å². The number of methoxy groups -OCH3 is 1. The lowest BCUT2D eigenvalue weighted by atomic mass is 9.74. The van der Waals surface area contributed by atoms with Crippen LogP contribution in [-0.2, 0) is 11.2 Å². The standard InChI is InChI=1S/C14H18O3/c1-3-11-12(14(15)16)7-5-9-4-6-10(17-2)8-13(9)11/h4,6,8,11-12H,3,5,7H2,1-2H3,(H,15,16). The van der Waals surface area contributed by atoms with Gasteiger partial charge in [0.25, 0.3) is 0 Å². The fourth-order valence-corrected chi connectivity index (χ4v) is 2.80. The highest BCUT2D eigenvalue weighted by Gasteiger charge is 2.33. The summed E-state index contributed by atoms with van der Waals surface area (Å²) in [6, 6.07) is 6.01. The average molecular weight is 234 g/mol. The van der Waals surface area contributed by atoms with Gasteiger partial charge < -0.3 is 9.84 Å². The van der Waals surface area contributed by atoms with E-state index in [0.29, 0.717) is 0 Å². The van der Waals surface area contributed by atoms with Gasteiger partial charge in [-0.05, 0) is 48.4 Å². The van der Waals surface area contributed by atoms with Crippen molar-refractivity contribution in [1.29, 1.82) is 0 Å². The Balaban J connectivity index is 2.41. The molecule has 1 aromatic carbocycles. The zero-order chi connectivity index (χ0) is 12.4. The number of aryl methyl sites for hydroxylation is 1. The van der Waals surface area contributed by atoms with Crippen molar-refractivity contribution in [2.45, 2.75) is 32.1 Å². The molecule has 92 valence electrons. The summed E-state index contributed by atoms with van der Waals surface area (Å²) in [6.45, 7) is 2.05. The molecular weight excluding hydrogens is 216 g/mol. The Kier molecular flexibility index (Phi) is 3.36. The van der Waals surface area contributed by atoms with Crippen LogP contribution < -0.4 is 4.74 Å². The van der Waals surface area contributed by atoms with Crippen molar-refractivity contribution in [2.75, 3.05) is 7.11 Å². The first-order valence-electron chi connectivity index (χ1n) is 6.07. The number of aliphatic carboxylic acids is 1. The van der Waals surface area contributed by atoms with Gasteiger partial charge in [-0.25, -0.2) is 0 Å². The highest BCUT2D eigenvalue weighted by molar-refractivity contribution is 5.72. The quantitative estimate of drug-likeness (QED) is 0.874. The summed E-state index contributed by atoms with van der Waals surface area (Å²) in [5.41, 5.74) is 2.43.